The lowest BCUT2D eigenvalue weighted by Gasteiger charge is -2.05. The van der Waals surface area contributed by atoms with E-state index in [0.717, 1.165) is 6.16 Å². The highest BCUT2D eigenvalue weighted by molar-refractivity contribution is 7.50. The molecule has 1 atom stereocenters. The van der Waals surface area contributed by atoms with Crippen LogP contribution in [0.4, 0.5) is 0 Å². The first-order valence-corrected chi connectivity index (χ1v) is 4.74. The largest absolute Gasteiger partial charge is 0.630 e. The van der Waals surface area contributed by atoms with Gasteiger partial charge in [0, 0.05) is 5.57 Å². The van der Waals surface area contributed by atoms with Crippen molar-refractivity contribution in [2.24, 2.45) is 0 Å². The summed E-state index contributed by atoms with van der Waals surface area (Å²) in [5.41, 5.74) is 2.46. The van der Waals surface area contributed by atoms with Crippen LogP contribution in [-0.4, -0.2) is 12.0 Å². The van der Waals surface area contributed by atoms with Crippen molar-refractivity contribution in [1.82, 2.24) is 0 Å². The fourth-order valence-corrected chi connectivity index (χ4v) is 2.22. The molecule has 10 heavy (non-hydrogen) atoms. The monoisotopic (exact) mass is 150 g/mol. The minimum Gasteiger partial charge on any atom is -0.630 e. The topological polar surface area (TPSA) is 23.1 Å². The summed E-state index contributed by atoms with van der Waals surface area (Å²) in [6.07, 6.45) is 8.76. The van der Waals surface area contributed by atoms with Crippen LogP contribution < -0.4 is 4.89 Å². The number of rotatable bonds is 0. The molecule has 1 unspecified atom stereocenters. The summed E-state index contributed by atoms with van der Waals surface area (Å²) in [4.78, 5) is 11.0. The third-order valence-electron chi connectivity index (χ3n) is 1.69. The molecule has 0 aromatic rings. The van der Waals surface area contributed by atoms with Gasteiger partial charge in [-0.15, -0.1) is 0 Å². The third kappa shape index (κ3) is 0.880. The lowest BCUT2D eigenvalue weighted by atomic mass is 10.1. The van der Waals surface area contributed by atoms with E-state index in [1.165, 1.54) is 11.1 Å². The van der Waals surface area contributed by atoms with Crippen LogP contribution in [0.3, 0.4) is 0 Å². The summed E-state index contributed by atoms with van der Waals surface area (Å²) in [5, 5.41) is 0. The molecule has 0 radical (unpaired) electrons. The zero-order valence-corrected chi connectivity index (χ0v) is 6.34. The highest BCUT2D eigenvalue weighted by Crippen LogP contribution is 2.29. The van der Waals surface area contributed by atoms with Gasteiger partial charge in [0.05, 0.1) is 7.77 Å². The zero-order chi connectivity index (χ0) is 6.97. The molecule has 0 saturated carbocycles. The Bertz CT molecular complexity index is 282. The standard InChI is InChI=1S/C8H7OP/c9-10-5-4-7-2-1-3-8(7)6-10/h1-5H,6H2. The minimum atomic E-state index is -1.08. The Morgan fingerprint density at radius 2 is 2.30 bits per heavy atom. The van der Waals surface area contributed by atoms with Crippen molar-refractivity contribution >= 4 is 13.6 Å². The number of hydrogen-bond donors (Lipinski definition) is 0. The molecule has 0 spiro atoms. The minimum absolute atomic E-state index is 0.730. The smallest absolute Gasteiger partial charge is 0.128 e. The zero-order valence-electron chi connectivity index (χ0n) is 5.45. The predicted molar refractivity (Wildman–Crippen MR) is 43.2 cm³/mol. The molecule has 1 nitrogen and oxygen atoms in total. The molecular weight excluding hydrogens is 143 g/mol. The Morgan fingerprint density at radius 1 is 1.40 bits per heavy atom. The van der Waals surface area contributed by atoms with Gasteiger partial charge in [0.15, 0.2) is 0 Å². The van der Waals surface area contributed by atoms with Crippen molar-refractivity contribution in [3.8, 4) is 0 Å². The first kappa shape index (κ1) is 6.09. The van der Waals surface area contributed by atoms with Gasteiger partial charge >= 0.3 is 0 Å². The summed E-state index contributed by atoms with van der Waals surface area (Å²) in [5.74, 6) is 1.79. The van der Waals surface area contributed by atoms with Crippen LogP contribution in [0.15, 0.2) is 35.5 Å². The van der Waals surface area contributed by atoms with Crippen molar-refractivity contribution in [3.63, 3.8) is 0 Å². The SMILES string of the molecule is [O-][P+]1=CC=C2C=CC=C2C1. The molecule has 0 N–H and O–H groups in total. The molecular formula is C8H7OP. The van der Waals surface area contributed by atoms with Gasteiger partial charge in [-0.05, 0) is 11.6 Å². The van der Waals surface area contributed by atoms with Gasteiger partial charge in [-0.25, -0.2) is 0 Å². The molecule has 1 heterocycles. The average molecular weight is 150 g/mol. The normalized spacial score (nSPS) is 25.1. The Labute approximate surface area is 60.9 Å². The Kier molecular flexibility index (Phi) is 1.33. The van der Waals surface area contributed by atoms with Crippen LogP contribution >= 0.6 is 7.77 Å². The van der Waals surface area contributed by atoms with Crippen LogP contribution in [0.25, 0.3) is 0 Å². The fourth-order valence-electron chi connectivity index (χ4n) is 1.16. The van der Waals surface area contributed by atoms with E-state index in [-0.39, 0.29) is 0 Å². The highest BCUT2D eigenvalue weighted by atomic mass is 31.1. The highest BCUT2D eigenvalue weighted by Gasteiger charge is 2.13. The van der Waals surface area contributed by atoms with Gasteiger partial charge in [-0.2, -0.15) is 0 Å². The van der Waals surface area contributed by atoms with Crippen LogP contribution in [-0.2, 0) is 0 Å². The van der Waals surface area contributed by atoms with Gasteiger partial charge in [0.25, 0.3) is 0 Å². The summed E-state index contributed by atoms with van der Waals surface area (Å²) < 4.78 is 0. The van der Waals surface area contributed by atoms with E-state index in [4.69, 9.17) is 0 Å². The summed E-state index contributed by atoms with van der Waals surface area (Å²) in [6.45, 7) is 0. The van der Waals surface area contributed by atoms with E-state index in [0.29, 0.717) is 0 Å². The van der Waals surface area contributed by atoms with Crippen molar-refractivity contribution in [2.45, 2.75) is 0 Å². The number of hydrogen-bond acceptors (Lipinski definition) is 1. The van der Waals surface area contributed by atoms with Gasteiger partial charge in [0.1, 0.15) is 12.0 Å². The molecule has 2 heteroatoms. The summed E-state index contributed by atoms with van der Waals surface area (Å²) in [6, 6.07) is 0. The van der Waals surface area contributed by atoms with E-state index >= 15 is 0 Å². The molecule has 2 aliphatic rings. The van der Waals surface area contributed by atoms with Crippen LogP contribution in [0, 0.1) is 0 Å². The maximum absolute atomic E-state index is 11.0. The predicted octanol–water partition coefficient (Wildman–Crippen LogP) is 0.982. The first-order valence-electron chi connectivity index (χ1n) is 3.23. The van der Waals surface area contributed by atoms with Crippen molar-refractivity contribution in [1.29, 1.82) is 0 Å². The van der Waals surface area contributed by atoms with Crippen LogP contribution in [0.1, 0.15) is 0 Å². The molecule has 0 amide bonds. The van der Waals surface area contributed by atoms with Crippen LogP contribution in [0.2, 0.25) is 0 Å². The number of allylic oxidation sites excluding steroid dienone is 6. The average Bonchev–Trinajstić information content (AvgIpc) is 2.33. The molecule has 1 aliphatic heterocycles. The van der Waals surface area contributed by atoms with Gasteiger partial charge in [-0.3, -0.25) is 0 Å². The second kappa shape index (κ2) is 2.19. The maximum Gasteiger partial charge on any atom is 0.128 e. The molecule has 50 valence electrons. The van der Waals surface area contributed by atoms with E-state index in [1.54, 1.807) is 5.80 Å². The van der Waals surface area contributed by atoms with E-state index in [9.17, 15) is 4.89 Å². The Morgan fingerprint density at radius 3 is 3.20 bits per heavy atom. The summed E-state index contributed by atoms with van der Waals surface area (Å²) in [7, 11) is -1.08. The van der Waals surface area contributed by atoms with Gasteiger partial charge < -0.3 is 4.89 Å². The van der Waals surface area contributed by atoms with E-state index in [2.05, 4.69) is 0 Å². The maximum atomic E-state index is 11.0. The summed E-state index contributed by atoms with van der Waals surface area (Å²) >= 11 is 0. The van der Waals surface area contributed by atoms with Crippen molar-refractivity contribution in [3.05, 3.63) is 35.5 Å². The lowest BCUT2D eigenvalue weighted by Crippen LogP contribution is -2.01. The van der Waals surface area contributed by atoms with Crippen molar-refractivity contribution in [2.75, 3.05) is 6.16 Å². The molecule has 0 fully saturated rings. The molecule has 1 aliphatic carbocycles. The number of fused-ring (bicyclic) bond motifs is 1. The third-order valence-corrected chi connectivity index (χ3v) is 2.82. The van der Waals surface area contributed by atoms with E-state index < -0.39 is 7.77 Å². The molecule has 0 saturated heterocycles. The Balaban J connectivity index is 2.42. The second-order valence-electron chi connectivity index (χ2n) is 2.40. The van der Waals surface area contributed by atoms with Crippen molar-refractivity contribution < 1.29 is 4.89 Å². The Hall–Kier alpha value is -0.650. The van der Waals surface area contributed by atoms with Gasteiger partial charge in [-0.1, -0.05) is 18.2 Å². The lowest BCUT2D eigenvalue weighted by molar-refractivity contribution is -0.152. The second-order valence-corrected chi connectivity index (χ2v) is 3.85. The quantitative estimate of drug-likeness (QED) is 0.472. The van der Waals surface area contributed by atoms with E-state index in [1.807, 2.05) is 24.3 Å². The molecule has 0 aromatic carbocycles. The molecule has 0 bridgehead atoms. The molecule has 0 aromatic heterocycles. The van der Waals surface area contributed by atoms with Gasteiger partial charge in [0.2, 0.25) is 0 Å². The molecule has 2 rings (SSSR count). The fraction of sp³-hybridized carbons (Fsp3) is 0.125. The first-order chi connectivity index (χ1) is 4.86. The van der Waals surface area contributed by atoms with Crippen LogP contribution in [0.5, 0.6) is 0 Å².